The lowest BCUT2D eigenvalue weighted by molar-refractivity contribution is -0.118. The van der Waals surface area contributed by atoms with E-state index in [9.17, 15) is 9.59 Å². The molecule has 1 aliphatic rings. The Morgan fingerprint density at radius 2 is 1.92 bits per heavy atom. The molecule has 0 spiro atoms. The smallest absolute Gasteiger partial charge is 0.271 e. The second-order valence-electron chi connectivity index (χ2n) is 5.89. The molecule has 3 rings (SSSR count). The molecule has 0 atom stereocenters. The largest absolute Gasteiger partial charge is 0.495 e. The highest BCUT2D eigenvalue weighted by Crippen LogP contribution is 2.26. The van der Waals surface area contributed by atoms with E-state index in [1.807, 2.05) is 31.2 Å². The minimum atomic E-state index is -0.344. The van der Waals surface area contributed by atoms with Crippen LogP contribution in [0, 0.1) is 6.92 Å². The van der Waals surface area contributed by atoms with Gasteiger partial charge in [-0.05, 0) is 48.9 Å². The van der Waals surface area contributed by atoms with Gasteiger partial charge >= 0.3 is 0 Å². The van der Waals surface area contributed by atoms with Gasteiger partial charge in [0.2, 0.25) is 5.91 Å². The predicted molar refractivity (Wildman–Crippen MR) is 105 cm³/mol. The first-order chi connectivity index (χ1) is 12.5. The molecule has 0 saturated heterocycles. The van der Waals surface area contributed by atoms with E-state index in [1.54, 1.807) is 25.3 Å². The van der Waals surface area contributed by atoms with Gasteiger partial charge in [-0.15, -0.1) is 0 Å². The zero-order chi connectivity index (χ0) is 18.7. The van der Waals surface area contributed by atoms with Crippen molar-refractivity contribution < 1.29 is 14.3 Å². The molecule has 0 unspecified atom stereocenters. The van der Waals surface area contributed by atoms with E-state index in [1.165, 1.54) is 5.01 Å². The average molecular weight is 416 g/mol. The van der Waals surface area contributed by atoms with Crippen molar-refractivity contribution >= 4 is 44.8 Å². The summed E-state index contributed by atoms with van der Waals surface area (Å²) in [5, 5.41) is 8.37. The topological polar surface area (TPSA) is 71.0 Å². The van der Waals surface area contributed by atoms with Crippen LogP contribution in [0.1, 0.15) is 18.4 Å². The van der Waals surface area contributed by atoms with Gasteiger partial charge in [-0.3, -0.25) is 9.59 Å². The summed E-state index contributed by atoms with van der Waals surface area (Å²) in [4.78, 5) is 24.8. The van der Waals surface area contributed by atoms with Crippen LogP contribution in [-0.4, -0.2) is 24.6 Å². The van der Waals surface area contributed by atoms with Gasteiger partial charge in [0.1, 0.15) is 11.5 Å². The molecule has 0 saturated carbocycles. The SMILES string of the molecule is COc1ccc(C)cc1NC(=O)C1=NN(c2ccc(Br)cc2)C(=O)CC1. The number of benzene rings is 2. The number of aryl methyl sites for hydroxylation is 1. The number of halogens is 1. The third-order valence-electron chi connectivity index (χ3n) is 3.97. The van der Waals surface area contributed by atoms with Crippen molar-refractivity contribution in [1.29, 1.82) is 0 Å². The summed E-state index contributed by atoms with van der Waals surface area (Å²) >= 11 is 3.36. The Bertz CT molecular complexity index is 878. The van der Waals surface area contributed by atoms with Crippen molar-refractivity contribution in [2.45, 2.75) is 19.8 Å². The molecule has 1 aliphatic heterocycles. The van der Waals surface area contributed by atoms with Gasteiger partial charge in [0.15, 0.2) is 0 Å². The van der Waals surface area contributed by atoms with E-state index in [0.29, 0.717) is 29.3 Å². The maximum absolute atomic E-state index is 12.6. The normalized spacial score (nSPS) is 14.0. The molecular weight excluding hydrogens is 398 g/mol. The van der Waals surface area contributed by atoms with Gasteiger partial charge in [-0.25, -0.2) is 5.01 Å². The Balaban J connectivity index is 1.85. The second-order valence-corrected chi connectivity index (χ2v) is 6.80. The predicted octanol–water partition coefficient (Wildman–Crippen LogP) is 3.89. The van der Waals surface area contributed by atoms with Gasteiger partial charge < -0.3 is 10.1 Å². The number of hydrogen-bond donors (Lipinski definition) is 1. The molecule has 0 fully saturated rings. The van der Waals surface area contributed by atoms with Crippen molar-refractivity contribution in [3.63, 3.8) is 0 Å². The summed E-state index contributed by atoms with van der Waals surface area (Å²) in [6.07, 6.45) is 0.527. The number of nitrogens with zero attached hydrogens (tertiary/aromatic N) is 2. The van der Waals surface area contributed by atoms with Gasteiger partial charge in [-0.2, -0.15) is 5.10 Å². The van der Waals surface area contributed by atoms with Crippen LogP contribution in [0.4, 0.5) is 11.4 Å². The maximum Gasteiger partial charge on any atom is 0.271 e. The highest BCUT2D eigenvalue weighted by Gasteiger charge is 2.26. The Morgan fingerprint density at radius 1 is 1.19 bits per heavy atom. The van der Waals surface area contributed by atoms with Gasteiger partial charge in [-0.1, -0.05) is 22.0 Å². The van der Waals surface area contributed by atoms with Crippen LogP contribution in [0.3, 0.4) is 0 Å². The summed E-state index contributed by atoms with van der Waals surface area (Å²) in [6, 6.07) is 12.7. The number of carbonyl (C=O) groups is 2. The Morgan fingerprint density at radius 3 is 2.62 bits per heavy atom. The maximum atomic E-state index is 12.6. The summed E-state index contributed by atoms with van der Waals surface area (Å²) < 4.78 is 6.19. The average Bonchev–Trinajstić information content (AvgIpc) is 2.63. The van der Waals surface area contributed by atoms with Crippen LogP contribution in [0.25, 0.3) is 0 Å². The zero-order valence-electron chi connectivity index (χ0n) is 14.5. The number of hydrazone groups is 1. The van der Waals surface area contributed by atoms with Crippen LogP contribution >= 0.6 is 15.9 Å². The van der Waals surface area contributed by atoms with Crippen LogP contribution in [0.15, 0.2) is 52.0 Å². The van der Waals surface area contributed by atoms with E-state index >= 15 is 0 Å². The molecule has 2 aromatic rings. The van der Waals surface area contributed by atoms with Crippen LogP contribution < -0.4 is 15.1 Å². The van der Waals surface area contributed by atoms with Crippen molar-refractivity contribution in [1.82, 2.24) is 0 Å². The fourth-order valence-electron chi connectivity index (χ4n) is 2.61. The van der Waals surface area contributed by atoms with E-state index in [-0.39, 0.29) is 18.2 Å². The first-order valence-corrected chi connectivity index (χ1v) is 8.89. The van der Waals surface area contributed by atoms with Crippen molar-refractivity contribution in [3.05, 3.63) is 52.5 Å². The Kier molecular flexibility index (Phi) is 5.37. The molecule has 7 heteroatoms. The van der Waals surface area contributed by atoms with E-state index < -0.39 is 0 Å². The van der Waals surface area contributed by atoms with Gasteiger partial charge in [0.05, 0.1) is 18.5 Å². The summed E-state index contributed by atoms with van der Waals surface area (Å²) in [7, 11) is 1.55. The fraction of sp³-hybridized carbons (Fsp3) is 0.211. The monoisotopic (exact) mass is 415 g/mol. The standard InChI is InChI=1S/C19H18BrN3O3/c1-12-3-9-17(26-2)16(11-12)21-19(25)15-8-10-18(24)23(22-15)14-6-4-13(20)5-7-14/h3-7,9,11H,8,10H2,1-2H3,(H,21,25). The molecule has 0 radical (unpaired) electrons. The molecule has 134 valence electrons. The molecule has 26 heavy (non-hydrogen) atoms. The molecule has 2 aromatic carbocycles. The van der Waals surface area contributed by atoms with Crippen LogP contribution in [0.5, 0.6) is 5.75 Å². The highest BCUT2D eigenvalue weighted by molar-refractivity contribution is 9.10. The van der Waals surface area contributed by atoms with Gasteiger partial charge in [0, 0.05) is 17.3 Å². The third-order valence-corrected chi connectivity index (χ3v) is 4.50. The lowest BCUT2D eigenvalue weighted by Gasteiger charge is -2.23. The summed E-state index contributed by atoms with van der Waals surface area (Å²) in [6.45, 7) is 1.93. The molecule has 0 aliphatic carbocycles. The number of amides is 2. The minimum absolute atomic E-state index is 0.142. The van der Waals surface area contributed by atoms with Crippen molar-refractivity contribution in [2.75, 3.05) is 17.4 Å². The first kappa shape index (κ1) is 18.1. The quantitative estimate of drug-likeness (QED) is 0.822. The first-order valence-electron chi connectivity index (χ1n) is 8.10. The van der Waals surface area contributed by atoms with Crippen molar-refractivity contribution in [2.24, 2.45) is 5.10 Å². The number of rotatable bonds is 4. The van der Waals surface area contributed by atoms with Gasteiger partial charge in [0.25, 0.3) is 5.91 Å². The highest BCUT2D eigenvalue weighted by atomic mass is 79.9. The molecular formula is C19H18BrN3O3. The van der Waals surface area contributed by atoms with Crippen LogP contribution in [-0.2, 0) is 9.59 Å². The molecule has 6 nitrogen and oxygen atoms in total. The van der Waals surface area contributed by atoms with E-state index in [0.717, 1.165) is 10.0 Å². The number of hydrogen-bond acceptors (Lipinski definition) is 4. The zero-order valence-corrected chi connectivity index (χ0v) is 16.0. The number of anilines is 2. The fourth-order valence-corrected chi connectivity index (χ4v) is 2.88. The third kappa shape index (κ3) is 3.94. The lowest BCUT2D eigenvalue weighted by Crippen LogP contribution is -2.36. The number of carbonyl (C=O) groups excluding carboxylic acids is 2. The van der Waals surface area contributed by atoms with E-state index in [2.05, 4.69) is 26.3 Å². The van der Waals surface area contributed by atoms with Crippen LogP contribution in [0.2, 0.25) is 0 Å². The molecule has 1 N–H and O–H groups in total. The summed E-state index contributed by atoms with van der Waals surface area (Å²) in [5.41, 5.74) is 2.50. The number of ether oxygens (including phenoxy) is 1. The van der Waals surface area contributed by atoms with E-state index in [4.69, 9.17) is 4.74 Å². The molecule has 0 bridgehead atoms. The lowest BCUT2D eigenvalue weighted by atomic mass is 10.1. The minimum Gasteiger partial charge on any atom is -0.495 e. The molecule has 1 heterocycles. The summed E-state index contributed by atoms with van der Waals surface area (Å²) in [5.74, 6) is 0.0849. The number of methoxy groups -OCH3 is 1. The Labute approximate surface area is 160 Å². The second kappa shape index (κ2) is 7.70. The number of nitrogens with one attached hydrogen (secondary N) is 1. The molecule has 0 aromatic heterocycles. The van der Waals surface area contributed by atoms with Crippen molar-refractivity contribution in [3.8, 4) is 5.75 Å². The Hall–Kier alpha value is -2.67. The molecule has 2 amide bonds.